The van der Waals surface area contributed by atoms with Crippen molar-refractivity contribution in [1.29, 1.82) is 0 Å². The first kappa shape index (κ1) is 13.1. The maximum atomic E-state index is 9.56. The largest absolute Gasteiger partial charge is 0.208 e. The third-order valence-electron chi connectivity index (χ3n) is 7.28. The molecule has 3 nitrogen and oxygen atoms in total. The Kier molecular flexibility index (Phi) is 3.14. The number of benzene rings is 6. The Morgan fingerprint density at radius 1 is 0.419 bits per heavy atom. The second kappa shape index (κ2) is 10.3. The minimum atomic E-state index is -1.74. The quantitative estimate of drug-likeness (QED) is 0.208. The minimum Gasteiger partial charge on any atom is -0.208 e. The topological polar surface area (TPSA) is 38.7 Å². The van der Waals surface area contributed by atoms with Gasteiger partial charge in [0.05, 0.1) is 28.7 Å². The number of nitrogens with zero attached hydrogens (tertiary/aromatic N) is 3. The second-order valence-electron chi connectivity index (χ2n) is 9.54. The van der Waals surface area contributed by atoms with Crippen molar-refractivity contribution in [2.75, 3.05) is 0 Å². The molecule has 1 aromatic heterocycles. The fourth-order valence-electron chi connectivity index (χ4n) is 5.57. The number of rotatable bonds is 5. The van der Waals surface area contributed by atoms with Crippen LogP contribution in [-0.2, 0) is 5.41 Å². The number of aromatic nitrogens is 3. The van der Waals surface area contributed by atoms with Crippen molar-refractivity contribution < 1.29 is 23.3 Å². The van der Waals surface area contributed by atoms with Crippen molar-refractivity contribution >= 4 is 0 Å². The standard InChI is InChI=1S/C40H27N3/c1-5-16-28(17-6-1)37-41-38(29-18-7-2-8-19-29)43-39(42-37)33-25-15-27-35-36(33)32-24-13-14-26-34(32)40(35,30-20-9-3-10-21-30)31-22-11-4-12-23-31/h1-27H/i1D,2D,5D,6D,7D,8D,13D,14D,15D,16D,17D,18D,19D,24D,25D,26D,27D. The van der Waals surface area contributed by atoms with Crippen LogP contribution in [0.15, 0.2) is 163 Å². The molecule has 7 aromatic rings. The molecular weight excluding hydrogens is 522 g/mol. The lowest BCUT2D eigenvalue weighted by Gasteiger charge is -2.33. The molecule has 3 heteroatoms. The zero-order valence-electron chi connectivity index (χ0n) is 39.1. The predicted octanol–water partition coefficient (Wildman–Crippen LogP) is 9.24. The van der Waals surface area contributed by atoms with E-state index in [1.165, 1.54) is 0 Å². The number of hydrogen-bond acceptors (Lipinski definition) is 3. The summed E-state index contributed by atoms with van der Waals surface area (Å²) in [5.41, 5.74) is -2.76. The summed E-state index contributed by atoms with van der Waals surface area (Å²) in [6, 6.07) is 5.30. The van der Waals surface area contributed by atoms with Gasteiger partial charge in [-0.2, -0.15) is 0 Å². The number of hydrogen-bond donors (Lipinski definition) is 0. The van der Waals surface area contributed by atoms with Gasteiger partial charge in [0.15, 0.2) is 17.5 Å². The molecular formula is C40H27N3. The average Bonchev–Trinajstić information content (AvgIpc) is 3.57. The van der Waals surface area contributed by atoms with Crippen LogP contribution in [-0.4, -0.2) is 15.0 Å². The van der Waals surface area contributed by atoms with Crippen LogP contribution in [0, 0.1) is 0 Å². The van der Waals surface area contributed by atoms with Gasteiger partial charge in [0.2, 0.25) is 0 Å². The van der Waals surface area contributed by atoms with Gasteiger partial charge in [-0.05, 0) is 33.4 Å². The van der Waals surface area contributed by atoms with Gasteiger partial charge in [0, 0.05) is 16.7 Å². The summed E-state index contributed by atoms with van der Waals surface area (Å²) in [6.45, 7) is 0. The van der Waals surface area contributed by atoms with E-state index in [0.717, 1.165) is 0 Å². The first-order valence-electron chi connectivity index (χ1n) is 21.7. The summed E-state index contributed by atoms with van der Waals surface area (Å²) in [5.74, 6) is -1.86. The molecule has 0 fully saturated rings. The highest BCUT2D eigenvalue weighted by atomic mass is 15.0. The highest BCUT2D eigenvalue weighted by Crippen LogP contribution is 2.57. The molecule has 0 unspecified atom stereocenters. The molecule has 1 aliphatic carbocycles. The van der Waals surface area contributed by atoms with Crippen LogP contribution >= 0.6 is 0 Å². The Hall–Kier alpha value is -5.67. The monoisotopic (exact) mass is 566 g/mol. The summed E-state index contributed by atoms with van der Waals surface area (Å²) >= 11 is 0. The van der Waals surface area contributed by atoms with Crippen LogP contribution in [0.4, 0.5) is 0 Å². The van der Waals surface area contributed by atoms with Gasteiger partial charge in [0.25, 0.3) is 0 Å². The van der Waals surface area contributed by atoms with Crippen molar-refractivity contribution in [3.05, 3.63) is 186 Å². The van der Waals surface area contributed by atoms with E-state index in [9.17, 15) is 6.85 Å². The second-order valence-corrected chi connectivity index (χ2v) is 9.54. The summed E-state index contributed by atoms with van der Waals surface area (Å²) < 4.78 is 150. The van der Waals surface area contributed by atoms with Crippen molar-refractivity contribution in [3.63, 3.8) is 0 Å². The fourth-order valence-corrected chi connectivity index (χ4v) is 5.57. The molecule has 0 bridgehead atoms. The van der Waals surface area contributed by atoms with Gasteiger partial charge in [-0.15, -0.1) is 0 Å². The molecule has 6 aromatic carbocycles. The molecule has 1 aliphatic rings. The molecule has 0 atom stereocenters. The lowest BCUT2D eigenvalue weighted by Crippen LogP contribution is -2.28. The third-order valence-corrected chi connectivity index (χ3v) is 7.28. The predicted molar refractivity (Wildman–Crippen MR) is 173 cm³/mol. The summed E-state index contributed by atoms with van der Waals surface area (Å²) in [4.78, 5) is 13.4. The molecule has 0 N–H and O–H groups in total. The van der Waals surface area contributed by atoms with Gasteiger partial charge in [-0.25, -0.2) is 15.0 Å². The molecule has 0 saturated heterocycles. The Morgan fingerprint density at radius 2 is 0.884 bits per heavy atom. The zero-order valence-corrected chi connectivity index (χ0v) is 22.1. The van der Waals surface area contributed by atoms with Crippen LogP contribution in [0.1, 0.15) is 45.6 Å². The zero-order chi connectivity index (χ0) is 43.4. The lowest BCUT2D eigenvalue weighted by atomic mass is 9.67. The molecule has 43 heavy (non-hydrogen) atoms. The van der Waals surface area contributed by atoms with E-state index in [4.69, 9.17) is 16.4 Å². The Morgan fingerprint density at radius 3 is 1.47 bits per heavy atom. The molecule has 1 heterocycles. The summed E-state index contributed by atoms with van der Waals surface area (Å²) in [5, 5.41) is 0. The van der Waals surface area contributed by atoms with E-state index in [1.807, 2.05) is 0 Å². The lowest BCUT2D eigenvalue weighted by molar-refractivity contribution is 0.768. The fraction of sp³-hybridized carbons (Fsp3) is 0.0250. The van der Waals surface area contributed by atoms with Crippen LogP contribution in [0.2, 0.25) is 0 Å². The average molecular weight is 567 g/mol. The summed E-state index contributed by atoms with van der Waals surface area (Å²) in [7, 11) is 0. The van der Waals surface area contributed by atoms with Crippen LogP contribution in [0.25, 0.3) is 45.3 Å². The minimum absolute atomic E-state index is 0.00797. The molecule has 0 saturated carbocycles. The van der Waals surface area contributed by atoms with Crippen molar-refractivity contribution in [2.45, 2.75) is 5.41 Å². The van der Waals surface area contributed by atoms with E-state index in [-0.39, 0.29) is 22.3 Å². The van der Waals surface area contributed by atoms with Gasteiger partial charge >= 0.3 is 0 Å². The molecule has 8 rings (SSSR count). The normalized spacial score (nSPS) is 18.4. The van der Waals surface area contributed by atoms with E-state index in [0.29, 0.717) is 11.1 Å². The Labute approximate surface area is 275 Å². The first-order chi connectivity index (χ1) is 28.4. The van der Waals surface area contributed by atoms with Crippen LogP contribution < -0.4 is 0 Å². The van der Waals surface area contributed by atoms with Gasteiger partial charge in [0.1, 0.15) is 0 Å². The maximum absolute atomic E-state index is 9.56. The van der Waals surface area contributed by atoms with E-state index < -0.39 is 142 Å². The summed E-state index contributed by atoms with van der Waals surface area (Å²) in [6.07, 6.45) is 0. The molecule has 0 amide bonds. The van der Waals surface area contributed by atoms with Crippen molar-refractivity contribution in [1.82, 2.24) is 15.0 Å². The maximum Gasteiger partial charge on any atom is 0.164 e. The van der Waals surface area contributed by atoms with E-state index in [1.54, 1.807) is 60.7 Å². The SMILES string of the molecule is [2H]c1c([2H])c([2H])c(-c2nc(-c3c([2H])c([2H])c([2H])c([2H])c3[2H])nc(-c3c([2H])c([2H])c([2H])c4c3-c3c([2H])c([2H])c([2H])c([2H])c3C4(c3ccccc3)c3ccccc3)n2)c([2H])c1[2H]. The first-order valence-corrected chi connectivity index (χ1v) is 13.2. The molecule has 202 valence electrons. The van der Waals surface area contributed by atoms with Crippen molar-refractivity contribution in [3.8, 4) is 45.3 Å². The van der Waals surface area contributed by atoms with Crippen molar-refractivity contribution in [2.24, 2.45) is 0 Å². The highest BCUT2D eigenvalue weighted by molar-refractivity contribution is 5.94. The molecule has 0 radical (unpaired) electrons. The Bertz CT molecular complexity index is 2830. The van der Waals surface area contributed by atoms with Gasteiger partial charge < -0.3 is 0 Å². The smallest absolute Gasteiger partial charge is 0.164 e. The van der Waals surface area contributed by atoms with Crippen LogP contribution in [0.5, 0.6) is 0 Å². The molecule has 0 aliphatic heterocycles. The van der Waals surface area contributed by atoms with E-state index in [2.05, 4.69) is 15.0 Å². The van der Waals surface area contributed by atoms with E-state index >= 15 is 0 Å². The van der Waals surface area contributed by atoms with Gasteiger partial charge in [-0.1, -0.05) is 163 Å². The highest BCUT2D eigenvalue weighted by Gasteiger charge is 2.46. The van der Waals surface area contributed by atoms with Crippen LogP contribution in [0.3, 0.4) is 0 Å². The Balaban J connectivity index is 1.64. The van der Waals surface area contributed by atoms with Gasteiger partial charge in [-0.3, -0.25) is 0 Å². The molecule has 0 spiro atoms. The number of fused-ring (bicyclic) bond motifs is 3. The third kappa shape index (κ3) is 4.01.